The largest absolute Gasteiger partial charge is 0.381 e. The maximum Gasteiger partial charge on any atom is 0.249 e. The van der Waals surface area contributed by atoms with Gasteiger partial charge in [-0.3, -0.25) is 9.59 Å². The summed E-state index contributed by atoms with van der Waals surface area (Å²) in [7, 11) is 1.89. The predicted molar refractivity (Wildman–Crippen MR) is 78.4 cm³/mol. The van der Waals surface area contributed by atoms with Gasteiger partial charge >= 0.3 is 0 Å². The summed E-state index contributed by atoms with van der Waals surface area (Å²) in [4.78, 5) is 22.8. The van der Waals surface area contributed by atoms with E-state index in [4.69, 9.17) is 0 Å². The first kappa shape index (κ1) is 16.8. The van der Waals surface area contributed by atoms with Crippen LogP contribution in [0.25, 0.3) is 0 Å². The molecule has 0 unspecified atom stereocenters. The van der Waals surface area contributed by atoms with E-state index in [1.807, 2.05) is 41.7 Å². The lowest BCUT2D eigenvalue weighted by Gasteiger charge is -2.24. The van der Waals surface area contributed by atoms with Gasteiger partial charge in [0.15, 0.2) is 0 Å². The van der Waals surface area contributed by atoms with Gasteiger partial charge in [0, 0.05) is 12.1 Å². The van der Waals surface area contributed by atoms with Crippen LogP contribution in [0, 0.1) is 0 Å². The minimum Gasteiger partial charge on any atom is -0.381 e. The number of anilines is 1. The van der Waals surface area contributed by atoms with Gasteiger partial charge in [0.2, 0.25) is 10.9 Å². The van der Waals surface area contributed by atoms with Crippen LogP contribution in [-0.2, 0) is 5.41 Å². The van der Waals surface area contributed by atoms with Gasteiger partial charge in [-0.15, -0.1) is 0 Å². The average Bonchev–Trinajstić information content (AvgIpc) is 2.33. The van der Waals surface area contributed by atoms with Gasteiger partial charge in [-0.05, 0) is 25.4 Å². The summed E-state index contributed by atoms with van der Waals surface area (Å²) in [5.41, 5.74) is 0.213. The van der Waals surface area contributed by atoms with E-state index < -0.39 is 0 Å². The first-order valence-corrected chi connectivity index (χ1v) is 6.62. The van der Waals surface area contributed by atoms with E-state index in [0.717, 1.165) is 19.5 Å². The van der Waals surface area contributed by atoms with Crippen molar-refractivity contribution in [3.63, 3.8) is 0 Å². The standard InChI is InChI=1S/C12H20N2O2.C2H6/c1-12(2,3)8-9(11(16)10(8)15)14-7-5-6-13-4;1-2/h13-14H,5-7H2,1-4H3;1-2H3. The zero-order valence-corrected chi connectivity index (χ0v) is 12.4. The SMILES string of the molecule is CC.CNCCCNc1c(C(C)(C)C)c(=O)c1=O. The van der Waals surface area contributed by atoms with Crippen molar-refractivity contribution in [2.75, 3.05) is 25.5 Å². The van der Waals surface area contributed by atoms with Crippen molar-refractivity contribution in [2.45, 2.75) is 46.5 Å². The highest BCUT2D eigenvalue weighted by atomic mass is 16.2. The number of hydrogen-bond acceptors (Lipinski definition) is 4. The van der Waals surface area contributed by atoms with Crippen LogP contribution in [0.1, 0.15) is 46.6 Å². The Labute approximate surface area is 109 Å². The second-order valence-electron chi connectivity index (χ2n) is 5.04. The molecule has 0 atom stereocenters. The maximum absolute atomic E-state index is 11.4. The first-order valence-electron chi connectivity index (χ1n) is 6.62. The lowest BCUT2D eigenvalue weighted by molar-refractivity contribution is 0.579. The predicted octanol–water partition coefficient (Wildman–Crippen LogP) is 1.63. The molecule has 1 aromatic carbocycles. The van der Waals surface area contributed by atoms with Gasteiger partial charge < -0.3 is 10.6 Å². The quantitative estimate of drug-likeness (QED) is 0.619. The van der Waals surface area contributed by atoms with Crippen LogP contribution in [-0.4, -0.2) is 20.1 Å². The van der Waals surface area contributed by atoms with Gasteiger partial charge in [0.05, 0.1) is 5.69 Å². The van der Waals surface area contributed by atoms with E-state index in [1.54, 1.807) is 0 Å². The molecule has 1 aromatic rings. The molecule has 1 rings (SSSR count). The van der Waals surface area contributed by atoms with E-state index in [1.165, 1.54) is 0 Å². The highest BCUT2D eigenvalue weighted by molar-refractivity contribution is 5.59. The Hall–Kier alpha value is -1.16. The molecule has 0 aromatic heterocycles. The van der Waals surface area contributed by atoms with E-state index in [9.17, 15) is 9.59 Å². The summed E-state index contributed by atoms with van der Waals surface area (Å²) < 4.78 is 0. The molecule has 0 saturated carbocycles. The van der Waals surface area contributed by atoms with Crippen molar-refractivity contribution in [2.24, 2.45) is 0 Å². The summed E-state index contributed by atoms with van der Waals surface area (Å²) in [6, 6.07) is 0. The fourth-order valence-electron chi connectivity index (χ4n) is 1.75. The van der Waals surface area contributed by atoms with E-state index in [0.29, 0.717) is 11.3 Å². The van der Waals surface area contributed by atoms with E-state index >= 15 is 0 Å². The minimum atomic E-state index is -0.366. The van der Waals surface area contributed by atoms with Crippen LogP contribution in [0.5, 0.6) is 0 Å². The fourth-order valence-corrected chi connectivity index (χ4v) is 1.75. The lowest BCUT2D eigenvalue weighted by atomic mass is 9.82. The third kappa shape index (κ3) is 3.95. The fraction of sp³-hybridized carbons (Fsp3) is 0.714. The molecule has 18 heavy (non-hydrogen) atoms. The van der Waals surface area contributed by atoms with Gasteiger partial charge in [0.25, 0.3) is 0 Å². The maximum atomic E-state index is 11.4. The number of rotatable bonds is 5. The first-order chi connectivity index (χ1) is 8.39. The molecule has 0 radical (unpaired) electrons. The summed E-state index contributed by atoms with van der Waals surface area (Å²) in [6.07, 6.45) is 0.929. The molecule has 0 heterocycles. The normalized spacial score (nSPS) is 11.0. The molecular formula is C14H26N2O2. The van der Waals surface area contributed by atoms with Crippen molar-refractivity contribution < 1.29 is 0 Å². The summed E-state index contributed by atoms with van der Waals surface area (Å²) in [5, 5.41) is 6.09. The minimum absolute atomic E-state index is 0.254. The van der Waals surface area contributed by atoms with Gasteiger partial charge in [-0.25, -0.2) is 0 Å². The lowest BCUT2D eigenvalue weighted by Crippen LogP contribution is -2.43. The molecule has 4 heteroatoms. The second kappa shape index (κ2) is 7.31. The average molecular weight is 254 g/mol. The van der Waals surface area contributed by atoms with Crippen LogP contribution < -0.4 is 21.5 Å². The van der Waals surface area contributed by atoms with Crippen molar-refractivity contribution >= 4 is 5.69 Å². The van der Waals surface area contributed by atoms with Gasteiger partial charge in [0.1, 0.15) is 0 Å². The van der Waals surface area contributed by atoms with E-state index in [2.05, 4.69) is 10.6 Å². The van der Waals surface area contributed by atoms with Crippen molar-refractivity contribution in [3.05, 3.63) is 26.0 Å². The Morgan fingerprint density at radius 1 is 1.00 bits per heavy atom. The highest BCUT2D eigenvalue weighted by Crippen LogP contribution is 2.25. The molecule has 0 aliphatic rings. The second-order valence-corrected chi connectivity index (χ2v) is 5.04. The third-order valence-electron chi connectivity index (χ3n) is 2.57. The monoisotopic (exact) mass is 254 g/mol. The van der Waals surface area contributed by atoms with Gasteiger partial charge in [-0.2, -0.15) is 0 Å². The van der Waals surface area contributed by atoms with Crippen LogP contribution in [0.4, 0.5) is 5.69 Å². The third-order valence-corrected chi connectivity index (χ3v) is 2.57. The molecule has 0 bridgehead atoms. The molecule has 0 saturated heterocycles. The molecule has 0 fully saturated rings. The Balaban J connectivity index is 0.00000137. The Bertz CT molecular complexity index is 423. The zero-order valence-electron chi connectivity index (χ0n) is 12.4. The Morgan fingerprint density at radius 2 is 1.56 bits per heavy atom. The van der Waals surface area contributed by atoms with Crippen LogP contribution in [0.3, 0.4) is 0 Å². The van der Waals surface area contributed by atoms with Crippen molar-refractivity contribution in [1.29, 1.82) is 0 Å². The number of hydrogen-bond donors (Lipinski definition) is 2. The molecular weight excluding hydrogens is 228 g/mol. The molecule has 0 aliphatic carbocycles. The summed E-state index contributed by atoms with van der Waals surface area (Å²) in [6.45, 7) is 11.5. The van der Waals surface area contributed by atoms with Crippen LogP contribution in [0.2, 0.25) is 0 Å². The zero-order chi connectivity index (χ0) is 14.3. The number of nitrogens with one attached hydrogen (secondary N) is 2. The summed E-state index contributed by atoms with van der Waals surface area (Å²) in [5.74, 6) is 0. The van der Waals surface area contributed by atoms with Crippen molar-refractivity contribution in [3.8, 4) is 0 Å². The Kier molecular flexibility index (Phi) is 6.84. The topological polar surface area (TPSA) is 58.2 Å². The van der Waals surface area contributed by atoms with E-state index in [-0.39, 0.29) is 16.3 Å². The highest BCUT2D eigenvalue weighted by Gasteiger charge is 2.29. The molecule has 0 spiro atoms. The molecule has 4 nitrogen and oxygen atoms in total. The molecule has 104 valence electrons. The van der Waals surface area contributed by atoms with Crippen molar-refractivity contribution in [1.82, 2.24) is 5.32 Å². The van der Waals surface area contributed by atoms with Gasteiger partial charge in [-0.1, -0.05) is 34.6 Å². The molecule has 0 aliphatic heterocycles. The molecule has 0 amide bonds. The van der Waals surface area contributed by atoms with Crippen LogP contribution in [0.15, 0.2) is 9.59 Å². The Morgan fingerprint density at radius 3 is 2.00 bits per heavy atom. The summed E-state index contributed by atoms with van der Waals surface area (Å²) >= 11 is 0. The smallest absolute Gasteiger partial charge is 0.249 e. The van der Waals surface area contributed by atoms with Crippen LogP contribution >= 0.6 is 0 Å². The molecule has 2 N–H and O–H groups in total.